The van der Waals surface area contributed by atoms with Gasteiger partial charge < -0.3 is 15.8 Å². The van der Waals surface area contributed by atoms with Crippen LogP contribution in [0.4, 0.5) is 4.39 Å². The van der Waals surface area contributed by atoms with Crippen molar-refractivity contribution < 1.29 is 9.13 Å². The minimum Gasteiger partial charge on any atom is -0.494 e. The minimum atomic E-state index is -0.322. The van der Waals surface area contributed by atoms with Gasteiger partial charge in [0.1, 0.15) is 0 Å². The van der Waals surface area contributed by atoms with Gasteiger partial charge in [0.15, 0.2) is 11.6 Å². The Bertz CT molecular complexity index is 340. The Morgan fingerprint density at radius 1 is 1.47 bits per heavy atom. The third kappa shape index (κ3) is 4.32. The van der Waals surface area contributed by atoms with Gasteiger partial charge in [0.25, 0.3) is 0 Å². The van der Waals surface area contributed by atoms with Gasteiger partial charge in [-0.2, -0.15) is 0 Å². The fourth-order valence-corrected chi connectivity index (χ4v) is 1.63. The molecule has 1 rings (SSSR count). The first-order chi connectivity index (χ1) is 8.21. The summed E-state index contributed by atoms with van der Waals surface area (Å²) in [5.41, 5.74) is 6.52. The van der Waals surface area contributed by atoms with E-state index in [9.17, 15) is 4.39 Å². The molecule has 1 aromatic carbocycles. The van der Waals surface area contributed by atoms with Gasteiger partial charge >= 0.3 is 0 Å². The fourth-order valence-electron chi connectivity index (χ4n) is 1.63. The Morgan fingerprint density at radius 3 is 2.76 bits per heavy atom. The lowest BCUT2D eigenvalue weighted by Gasteiger charge is -2.13. The SMILES string of the molecule is CCC(CN)CNCc1ccc(OC)c(F)c1. The molecule has 17 heavy (non-hydrogen) atoms. The van der Waals surface area contributed by atoms with E-state index in [1.54, 1.807) is 6.07 Å². The maximum Gasteiger partial charge on any atom is 0.165 e. The van der Waals surface area contributed by atoms with Crippen LogP contribution in [0, 0.1) is 11.7 Å². The Kier molecular flexibility index (Phi) is 5.94. The third-order valence-corrected chi connectivity index (χ3v) is 2.89. The van der Waals surface area contributed by atoms with Crippen molar-refractivity contribution >= 4 is 0 Å². The molecule has 1 unspecified atom stereocenters. The van der Waals surface area contributed by atoms with Crippen molar-refractivity contribution in [3.8, 4) is 5.75 Å². The van der Waals surface area contributed by atoms with Crippen LogP contribution in [0.25, 0.3) is 0 Å². The van der Waals surface area contributed by atoms with Gasteiger partial charge in [-0.05, 0) is 36.7 Å². The number of rotatable bonds is 7. The molecule has 0 bridgehead atoms. The van der Waals surface area contributed by atoms with Crippen LogP contribution in [0.3, 0.4) is 0 Å². The lowest BCUT2D eigenvalue weighted by molar-refractivity contribution is 0.386. The Balaban J connectivity index is 2.44. The van der Waals surface area contributed by atoms with Gasteiger partial charge in [-0.15, -0.1) is 0 Å². The number of nitrogens with two attached hydrogens (primary N) is 1. The molecular weight excluding hydrogens is 219 g/mol. The van der Waals surface area contributed by atoms with Crippen LogP contribution in [0.15, 0.2) is 18.2 Å². The van der Waals surface area contributed by atoms with Crippen LogP contribution in [0.2, 0.25) is 0 Å². The molecule has 0 amide bonds. The second-order valence-electron chi connectivity index (χ2n) is 4.11. The molecular formula is C13H21FN2O. The third-order valence-electron chi connectivity index (χ3n) is 2.89. The fraction of sp³-hybridized carbons (Fsp3) is 0.538. The first-order valence-electron chi connectivity index (χ1n) is 5.94. The van der Waals surface area contributed by atoms with E-state index in [0.29, 0.717) is 19.0 Å². The summed E-state index contributed by atoms with van der Waals surface area (Å²) < 4.78 is 18.3. The van der Waals surface area contributed by atoms with Crippen LogP contribution in [-0.4, -0.2) is 20.2 Å². The Hall–Kier alpha value is -1.13. The number of nitrogens with one attached hydrogen (secondary N) is 1. The topological polar surface area (TPSA) is 47.3 Å². The first kappa shape index (κ1) is 13.9. The van der Waals surface area contributed by atoms with Crippen molar-refractivity contribution in [2.24, 2.45) is 11.7 Å². The Morgan fingerprint density at radius 2 is 2.24 bits per heavy atom. The highest BCUT2D eigenvalue weighted by atomic mass is 19.1. The summed E-state index contributed by atoms with van der Waals surface area (Å²) in [6.45, 7) is 4.31. The summed E-state index contributed by atoms with van der Waals surface area (Å²) >= 11 is 0. The van der Waals surface area contributed by atoms with Crippen LogP contribution in [-0.2, 0) is 6.54 Å². The van der Waals surface area contributed by atoms with E-state index < -0.39 is 0 Å². The quantitative estimate of drug-likeness (QED) is 0.765. The van der Waals surface area contributed by atoms with E-state index >= 15 is 0 Å². The maximum absolute atomic E-state index is 13.4. The van der Waals surface area contributed by atoms with Crippen molar-refractivity contribution in [2.45, 2.75) is 19.9 Å². The number of hydrogen-bond donors (Lipinski definition) is 2. The molecule has 0 saturated carbocycles. The molecule has 0 aliphatic carbocycles. The lowest BCUT2D eigenvalue weighted by Crippen LogP contribution is -2.27. The van der Waals surface area contributed by atoms with E-state index in [1.807, 2.05) is 6.07 Å². The zero-order valence-electron chi connectivity index (χ0n) is 10.5. The molecule has 0 aromatic heterocycles. The highest BCUT2D eigenvalue weighted by Crippen LogP contribution is 2.17. The van der Waals surface area contributed by atoms with Crippen molar-refractivity contribution in [3.05, 3.63) is 29.6 Å². The highest BCUT2D eigenvalue weighted by Gasteiger charge is 2.05. The van der Waals surface area contributed by atoms with E-state index in [0.717, 1.165) is 18.5 Å². The zero-order valence-corrected chi connectivity index (χ0v) is 10.5. The highest BCUT2D eigenvalue weighted by molar-refractivity contribution is 5.29. The van der Waals surface area contributed by atoms with Crippen LogP contribution >= 0.6 is 0 Å². The molecule has 0 spiro atoms. The number of halogens is 1. The standard InChI is InChI=1S/C13H21FN2O/c1-3-10(7-15)8-16-9-11-4-5-13(17-2)12(14)6-11/h4-6,10,16H,3,7-9,15H2,1-2H3. The normalized spacial score (nSPS) is 12.5. The summed E-state index contributed by atoms with van der Waals surface area (Å²) in [6.07, 6.45) is 1.06. The van der Waals surface area contributed by atoms with Crippen molar-refractivity contribution in [3.63, 3.8) is 0 Å². The van der Waals surface area contributed by atoms with E-state index in [4.69, 9.17) is 10.5 Å². The summed E-state index contributed by atoms with van der Waals surface area (Å²) in [7, 11) is 1.46. The summed E-state index contributed by atoms with van der Waals surface area (Å²) in [5, 5.41) is 3.28. The van der Waals surface area contributed by atoms with Gasteiger partial charge in [0, 0.05) is 6.54 Å². The lowest BCUT2D eigenvalue weighted by atomic mass is 10.1. The maximum atomic E-state index is 13.4. The molecule has 0 fully saturated rings. The van der Waals surface area contributed by atoms with Gasteiger partial charge in [0.2, 0.25) is 0 Å². The molecule has 0 heterocycles. The molecule has 3 nitrogen and oxygen atoms in total. The molecule has 1 atom stereocenters. The van der Waals surface area contributed by atoms with Crippen molar-refractivity contribution in [1.29, 1.82) is 0 Å². The zero-order chi connectivity index (χ0) is 12.7. The summed E-state index contributed by atoms with van der Waals surface area (Å²) in [6, 6.07) is 5.00. The van der Waals surface area contributed by atoms with Gasteiger partial charge in [-0.1, -0.05) is 19.4 Å². The van der Waals surface area contributed by atoms with Crippen LogP contribution in [0.5, 0.6) is 5.75 Å². The number of benzene rings is 1. The van der Waals surface area contributed by atoms with E-state index in [-0.39, 0.29) is 11.6 Å². The average Bonchev–Trinajstić information content (AvgIpc) is 2.35. The van der Waals surface area contributed by atoms with Crippen LogP contribution in [0.1, 0.15) is 18.9 Å². The molecule has 0 saturated heterocycles. The second-order valence-corrected chi connectivity index (χ2v) is 4.11. The molecule has 4 heteroatoms. The molecule has 1 aromatic rings. The summed E-state index contributed by atoms with van der Waals surface area (Å²) in [5.74, 6) is 0.443. The first-order valence-corrected chi connectivity index (χ1v) is 5.94. The van der Waals surface area contributed by atoms with E-state index in [2.05, 4.69) is 12.2 Å². The van der Waals surface area contributed by atoms with Crippen LogP contribution < -0.4 is 15.8 Å². The predicted octanol–water partition coefficient (Wildman–Crippen LogP) is 1.91. The number of methoxy groups -OCH3 is 1. The number of hydrogen-bond acceptors (Lipinski definition) is 3. The van der Waals surface area contributed by atoms with Gasteiger partial charge in [0.05, 0.1) is 7.11 Å². The monoisotopic (exact) mass is 240 g/mol. The molecule has 96 valence electrons. The second kappa shape index (κ2) is 7.25. The van der Waals surface area contributed by atoms with Gasteiger partial charge in [-0.25, -0.2) is 4.39 Å². The molecule has 0 aliphatic rings. The van der Waals surface area contributed by atoms with E-state index in [1.165, 1.54) is 13.2 Å². The Labute approximate surface area is 102 Å². The molecule has 0 radical (unpaired) electrons. The van der Waals surface area contributed by atoms with Gasteiger partial charge in [-0.3, -0.25) is 0 Å². The number of ether oxygens (including phenoxy) is 1. The van der Waals surface area contributed by atoms with Crippen molar-refractivity contribution in [2.75, 3.05) is 20.2 Å². The van der Waals surface area contributed by atoms with Crippen molar-refractivity contribution in [1.82, 2.24) is 5.32 Å². The predicted molar refractivity (Wildman–Crippen MR) is 67.5 cm³/mol. The molecule has 0 aliphatic heterocycles. The summed E-state index contributed by atoms with van der Waals surface area (Å²) in [4.78, 5) is 0. The smallest absolute Gasteiger partial charge is 0.165 e. The average molecular weight is 240 g/mol. The minimum absolute atomic E-state index is 0.280. The largest absolute Gasteiger partial charge is 0.494 e. The molecule has 3 N–H and O–H groups in total.